The van der Waals surface area contributed by atoms with Gasteiger partial charge >= 0.3 is 0 Å². The molecule has 6 nitrogen and oxygen atoms in total. The normalized spacial score (nSPS) is 11.2. The number of aryl methyl sites for hydroxylation is 1. The number of benzene rings is 4. The Labute approximate surface area is 252 Å². The van der Waals surface area contributed by atoms with E-state index < -0.39 is 0 Å². The van der Waals surface area contributed by atoms with Gasteiger partial charge in [0.25, 0.3) is 0 Å². The van der Waals surface area contributed by atoms with E-state index in [-0.39, 0.29) is 0 Å². The molecular weight excluding hydrogens is 532 g/mol. The van der Waals surface area contributed by atoms with Gasteiger partial charge < -0.3 is 9.32 Å². The molecule has 0 fully saturated rings. The second kappa shape index (κ2) is 13.3. The lowest BCUT2D eigenvalue weighted by Gasteiger charge is -2.25. The number of aldehydes is 1. The highest BCUT2D eigenvalue weighted by Gasteiger charge is 2.18. The number of aromatic nitrogens is 3. The molecule has 0 radical (unpaired) electrons. The maximum absolute atomic E-state index is 11.3. The van der Waals surface area contributed by atoms with Crippen molar-refractivity contribution in [3.63, 3.8) is 0 Å². The number of furan rings is 1. The number of carbonyl (C=O) groups is 1. The molecule has 0 amide bonds. The molecule has 0 aliphatic carbocycles. The largest absolute Gasteiger partial charge is 0.453 e. The Bertz CT molecular complexity index is 1730. The molecule has 0 aliphatic rings. The Morgan fingerprint density at radius 1 is 0.651 bits per heavy atom. The summed E-state index contributed by atoms with van der Waals surface area (Å²) in [6, 6.07) is 37.0. The molecule has 2 heterocycles. The van der Waals surface area contributed by atoms with Crippen molar-refractivity contribution >= 4 is 34.4 Å². The van der Waals surface area contributed by atoms with E-state index >= 15 is 0 Å². The van der Waals surface area contributed by atoms with Crippen molar-refractivity contribution in [1.29, 1.82) is 0 Å². The molecule has 0 aliphatic heterocycles. The van der Waals surface area contributed by atoms with E-state index in [1.54, 1.807) is 6.07 Å². The monoisotopic (exact) mass is 568 g/mol. The lowest BCUT2D eigenvalue weighted by atomic mass is 10.00. The number of anilines is 3. The molecule has 6 heteroatoms. The van der Waals surface area contributed by atoms with Crippen LogP contribution in [0.25, 0.3) is 33.5 Å². The third kappa shape index (κ3) is 6.28. The van der Waals surface area contributed by atoms with E-state index in [1.165, 1.54) is 32.1 Å². The molecular formula is C37H36N4O2. The van der Waals surface area contributed by atoms with Crippen LogP contribution < -0.4 is 4.90 Å². The summed E-state index contributed by atoms with van der Waals surface area (Å²) in [6.45, 7) is 3.00. The second-order valence-electron chi connectivity index (χ2n) is 10.8. The van der Waals surface area contributed by atoms with Crippen LogP contribution in [0.3, 0.4) is 0 Å². The van der Waals surface area contributed by atoms with Gasteiger partial charge in [-0.15, -0.1) is 0 Å². The summed E-state index contributed by atoms with van der Waals surface area (Å²) in [5, 5.41) is 9.89. The first kappa shape index (κ1) is 28.2. The summed E-state index contributed by atoms with van der Waals surface area (Å²) >= 11 is 0. The van der Waals surface area contributed by atoms with Gasteiger partial charge in [0.1, 0.15) is 16.8 Å². The molecule has 4 aromatic carbocycles. The molecule has 0 saturated heterocycles. The molecule has 43 heavy (non-hydrogen) atoms. The van der Waals surface area contributed by atoms with Crippen LogP contribution in [0.2, 0.25) is 0 Å². The van der Waals surface area contributed by atoms with E-state index in [1.807, 2.05) is 29.1 Å². The number of fused-ring (bicyclic) bond motifs is 1. The number of hydrogen-bond donors (Lipinski definition) is 0. The van der Waals surface area contributed by atoms with Crippen LogP contribution in [0.15, 0.2) is 114 Å². The maximum Gasteiger partial charge on any atom is 0.185 e. The van der Waals surface area contributed by atoms with Gasteiger partial charge in [0.15, 0.2) is 12.0 Å². The van der Waals surface area contributed by atoms with E-state index in [4.69, 9.17) is 14.6 Å². The highest BCUT2D eigenvalue weighted by molar-refractivity contribution is 6.00. The quantitative estimate of drug-likeness (QED) is 0.102. The van der Waals surface area contributed by atoms with E-state index in [9.17, 15) is 4.79 Å². The molecule has 2 aromatic heterocycles. The highest BCUT2D eigenvalue weighted by atomic mass is 16.3. The minimum atomic E-state index is 0.295. The zero-order valence-corrected chi connectivity index (χ0v) is 24.5. The van der Waals surface area contributed by atoms with Crippen molar-refractivity contribution in [2.45, 2.75) is 52.0 Å². The van der Waals surface area contributed by atoms with Crippen molar-refractivity contribution < 1.29 is 9.21 Å². The van der Waals surface area contributed by atoms with Gasteiger partial charge in [-0.05, 0) is 66.6 Å². The van der Waals surface area contributed by atoms with Crippen LogP contribution >= 0.6 is 0 Å². The Morgan fingerprint density at radius 3 is 1.86 bits per heavy atom. The Balaban J connectivity index is 1.35. The SMILES string of the molecule is CCCCCCCCn1nc2c(-c3ccc(N(c4ccccc4)c4ccccc4)cc3)ccc(-c3ccc(C=O)o3)c2n1. The van der Waals surface area contributed by atoms with Crippen molar-refractivity contribution in [3.05, 3.63) is 115 Å². The fourth-order valence-electron chi connectivity index (χ4n) is 5.55. The van der Waals surface area contributed by atoms with Crippen LogP contribution in [0.4, 0.5) is 17.1 Å². The summed E-state index contributed by atoms with van der Waals surface area (Å²) in [4.78, 5) is 15.4. The highest BCUT2D eigenvalue weighted by Crippen LogP contribution is 2.38. The van der Waals surface area contributed by atoms with E-state index in [0.717, 1.165) is 64.0 Å². The van der Waals surface area contributed by atoms with Crippen LogP contribution in [0.5, 0.6) is 0 Å². The lowest BCUT2D eigenvalue weighted by molar-refractivity contribution is 0.110. The van der Waals surface area contributed by atoms with E-state index in [2.05, 4.69) is 90.7 Å². The number of unbranched alkanes of at least 4 members (excludes halogenated alkanes) is 5. The maximum atomic E-state index is 11.3. The van der Waals surface area contributed by atoms with Crippen LogP contribution in [0, 0.1) is 0 Å². The summed E-state index contributed by atoms with van der Waals surface area (Å²) in [5.74, 6) is 0.908. The molecule has 0 bridgehead atoms. The zero-order chi connectivity index (χ0) is 29.4. The van der Waals surface area contributed by atoms with Crippen LogP contribution in [0.1, 0.15) is 56.0 Å². The van der Waals surface area contributed by atoms with Crippen molar-refractivity contribution in [1.82, 2.24) is 15.0 Å². The summed E-state index contributed by atoms with van der Waals surface area (Å²) in [5.41, 5.74) is 7.75. The predicted octanol–water partition coefficient (Wildman–Crippen LogP) is 10.0. The summed E-state index contributed by atoms with van der Waals surface area (Å²) < 4.78 is 5.79. The van der Waals surface area contributed by atoms with Gasteiger partial charge in [-0.2, -0.15) is 15.0 Å². The standard InChI is InChI=1S/C37H36N4O2/c1-2-3-4-5-6-13-26-40-38-36-33(23-24-34(37(36)39-40)35-25-22-32(27-42)43-35)28-18-20-31(21-19-28)41(29-14-9-7-10-15-29)30-16-11-8-12-17-30/h7-12,14-25,27H,2-6,13,26H2,1H3. The average molecular weight is 569 g/mol. The van der Waals surface area contributed by atoms with Gasteiger partial charge in [-0.25, -0.2) is 0 Å². The number of carbonyl (C=O) groups excluding carboxylic acids is 1. The van der Waals surface area contributed by atoms with Crippen molar-refractivity contribution in [2.75, 3.05) is 4.90 Å². The first-order valence-electron chi connectivity index (χ1n) is 15.2. The number of para-hydroxylation sites is 2. The summed E-state index contributed by atoms with van der Waals surface area (Å²) in [7, 11) is 0. The lowest BCUT2D eigenvalue weighted by Crippen LogP contribution is -2.09. The van der Waals surface area contributed by atoms with Gasteiger partial charge in [-0.3, -0.25) is 4.79 Å². The first-order valence-corrected chi connectivity index (χ1v) is 15.2. The minimum Gasteiger partial charge on any atom is -0.453 e. The Hall–Kier alpha value is -4.97. The molecule has 0 saturated carbocycles. The topological polar surface area (TPSA) is 64.2 Å². The number of rotatable bonds is 13. The van der Waals surface area contributed by atoms with Crippen molar-refractivity contribution in [3.8, 4) is 22.5 Å². The van der Waals surface area contributed by atoms with E-state index in [0.29, 0.717) is 11.5 Å². The smallest absolute Gasteiger partial charge is 0.185 e. The Kier molecular flexibility index (Phi) is 8.74. The number of hydrogen-bond acceptors (Lipinski definition) is 5. The number of nitrogens with zero attached hydrogens (tertiary/aromatic N) is 4. The fraction of sp³-hybridized carbons (Fsp3) is 0.216. The minimum absolute atomic E-state index is 0.295. The molecule has 6 aromatic rings. The van der Waals surface area contributed by atoms with Gasteiger partial charge in [-0.1, -0.05) is 93.6 Å². The molecule has 0 N–H and O–H groups in total. The van der Waals surface area contributed by atoms with Gasteiger partial charge in [0.2, 0.25) is 0 Å². The fourth-order valence-corrected chi connectivity index (χ4v) is 5.55. The van der Waals surface area contributed by atoms with Gasteiger partial charge in [0, 0.05) is 28.2 Å². The Morgan fingerprint density at radius 2 is 1.23 bits per heavy atom. The zero-order valence-electron chi connectivity index (χ0n) is 24.5. The predicted molar refractivity (Wildman–Crippen MR) is 174 cm³/mol. The third-order valence-electron chi connectivity index (χ3n) is 7.77. The van der Waals surface area contributed by atoms with Crippen molar-refractivity contribution in [2.24, 2.45) is 0 Å². The second-order valence-corrected chi connectivity index (χ2v) is 10.8. The van der Waals surface area contributed by atoms with Crippen LogP contribution in [-0.2, 0) is 6.54 Å². The first-order chi connectivity index (χ1) is 21.2. The third-order valence-corrected chi connectivity index (χ3v) is 7.77. The molecule has 216 valence electrons. The molecule has 0 unspecified atom stereocenters. The molecule has 6 rings (SSSR count). The summed E-state index contributed by atoms with van der Waals surface area (Å²) in [6.07, 6.45) is 7.97. The van der Waals surface area contributed by atoms with Gasteiger partial charge in [0.05, 0.1) is 6.54 Å². The molecule has 0 spiro atoms. The van der Waals surface area contributed by atoms with Crippen LogP contribution in [-0.4, -0.2) is 21.3 Å². The average Bonchev–Trinajstić information content (AvgIpc) is 3.72. The molecule has 0 atom stereocenters.